The number of nitrogens with one attached hydrogen (secondary N) is 1. The zero-order chi connectivity index (χ0) is 13.7. The van der Waals surface area contributed by atoms with Gasteiger partial charge in [-0.15, -0.1) is 0 Å². The van der Waals surface area contributed by atoms with Crippen LogP contribution in [0.5, 0.6) is 0 Å². The second-order valence-corrected chi connectivity index (χ2v) is 5.40. The van der Waals surface area contributed by atoms with E-state index in [1.165, 1.54) is 19.3 Å². The lowest BCUT2D eigenvalue weighted by Gasteiger charge is -2.35. The van der Waals surface area contributed by atoms with E-state index in [0.29, 0.717) is 17.6 Å². The van der Waals surface area contributed by atoms with Crippen LogP contribution in [0.25, 0.3) is 0 Å². The van der Waals surface area contributed by atoms with Gasteiger partial charge < -0.3 is 10.2 Å². The standard InChI is InChI=1S/C15H22N4/c1-12(2)19(11-14-5-3-4-7-18-14)15-10-17-8-6-13(15)9-16/h6,8,10,12,14,18H,3-5,7,11H2,1-2H3. The summed E-state index contributed by atoms with van der Waals surface area (Å²) in [5, 5.41) is 12.8. The molecule has 0 aromatic carbocycles. The van der Waals surface area contributed by atoms with Gasteiger partial charge in [-0.3, -0.25) is 4.98 Å². The van der Waals surface area contributed by atoms with E-state index in [2.05, 4.69) is 35.1 Å². The molecular weight excluding hydrogens is 236 g/mol. The van der Waals surface area contributed by atoms with Gasteiger partial charge in [0.25, 0.3) is 0 Å². The summed E-state index contributed by atoms with van der Waals surface area (Å²) in [7, 11) is 0. The highest BCUT2D eigenvalue weighted by molar-refractivity contribution is 5.58. The number of rotatable bonds is 4. The van der Waals surface area contributed by atoms with Gasteiger partial charge in [0.1, 0.15) is 6.07 Å². The Morgan fingerprint density at radius 3 is 3.00 bits per heavy atom. The fourth-order valence-corrected chi connectivity index (χ4v) is 2.61. The Kier molecular flexibility index (Phi) is 4.75. The number of aromatic nitrogens is 1. The van der Waals surface area contributed by atoms with Gasteiger partial charge >= 0.3 is 0 Å². The van der Waals surface area contributed by atoms with Gasteiger partial charge in [-0.1, -0.05) is 6.42 Å². The molecule has 0 amide bonds. The molecule has 19 heavy (non-hydrogen) atoms. The van der Waals surface area contributed by atoms with E-state index < -0.39 is 0 Å². The first-order valence-electron chi connectivity index (χ1n) is 7.06. The fourth-order valence-electron chi connectivity index (χ4n) is 2.61. The van der Waals surface area contributed by atoms with E-state index >= 15 is 0 Å². The first-order valence-corrected chi connectivity index (χ1v) is 7.06. The van der Waals surface area contributed by atoms with Crippen molar-refractivity contribution in [2.75, 3.05) is 18.0 Å². The van der Waals surface area contributed by atoms with Crippen LogP contribution in [0, 0.1) is 11.3 Å². The first-order chi connectivity index (χ1) is 9.22. The van der Waals surface area contributed by atoms with Crippen LogP contribution < -0.4 is 10.2 Å². The second-order valence-electron chi connectivity index (χ2n) is 5.40. The number of anilines is 1. The molecule has 0 aliphatic carbocycles. The molecule has 2 rings (SSSR count). The molecule has 0 radical (unpaired) electrons. The molecule has 2 heterocycles. The van der Waals surface area contributed by atoms with E-state index in [1.807, 2.05) is 0 Å². The van der Waals surface area contributed by atoms with E-state index in [1.54, 1.807) is 18.5 Å². The molecule has 1 unspecified atom stereocenters. The molecule has 0 saturated carbocycles. The molecule has 102 valence electrons. The molecular formula is C15H22N4. The average molecular weight is 258 g/mol. The summed E-state index contributed by atoms with van der Waals surface area (Å²) < 4.78 is 0. The molecule has 0 bridgehead atoms. The first kappa shape index (κ1) is 13.8. The van der Waals surface area contributed by atoms with Gasteiger partial charge in [-0.05, 0) is 39.3 Å². The van der Waals surface area contributed by atoms with Crippen molar-refractivity contribution in [1.82, 2.24) is 10.3 Å². The molecule has 0 spiro atoms. The summed E-state index contributed by atoms with van der Waals surface area (Å²) >= 11 is 0. The number of hydrogen-bond donors (Lipinski definition) is 1. The van der Waals surface area contributed by atoms with Gasteiger partial charge in [0.2, 0.25) is 0 Å². The zero-order valence-corrected chi connectivity index (χ0v) is 11.8. The fraction of sp³-hybridized carbons (Fsp3) is 0.600. The van der Waals surface area contributed by atoms with Crippen LogP contribution in [0.4, 0.5) is 5.69 Å². The number of nitrogens with zero attached hydrogens (tertiary/aromatic N) is 3. The minimum atomic E-state index is 0.361. The Hall–Kier alpha value is -1.60. The summed E-state index contributed by atoms with van der Waals surface area (Å²) in [5.41, 5.74) is 1.66. The van der Waals surface area contributed by atoms with Crippen LogP contribution >= 0.6 is 0 Å². The summed E-state index contributed by atoms with van der Waals surface area (Å²) in [6.07, 6.45) is 7.27. The van der Waals surface area contributed by atoms with Gasteiger partial charge in [0.05, 0.1) is 17.4 Å². The van der Waals surface area contributed by atoms with Crippen molar-refractivity contribution in [3.8, 4) is 6.07 Å². The smallest absolute Gasteiger partial charge is 0.101 e. The van der Waals surface area contributed by atoms with E-state index in [0.717, 1.165) is 18.8 Å². The van der Waals surface area contributed by atoms with Crippen LogP contribution in [0.3, 0.4) is 0 Å². The number of hydrogen-bond acceptors (Lipinski definition) is 4. The molecule has 1 aliphatic heterocycles. The van der Waals surface area contributed by atoms with E-state index in [9.17, 15) is 5.26 Å². The summed E-state index contributed by atoms with van der Waals surface area (Å²) in [6, 6.07) is 4.93. The quantitative estimate of drug-likeness (QED) is 0.900. The van der Waals surface area contributed by atoms with Crippen LogP contribution in [0.2, 0.25) is 0 Å². The summed E-state index contributed by atoms with van der Waals surface area (Å²) in [5.74, 6) is 0. The van der Waals surface area contributed by atoms with Gasteiger partial charge in [-0.25, -0.2) is 0 Å². The highest BCUT2D eigenvalue weighted by Gasteiger charge is 2.20. The lowest BCUT2D eigenvalue weighted by atomic mass is 10.0. The third-order valence-corrected chi connectivity index (χ3v) is 3.68. The maximum absolute atomic E-state index is 9.23. The predicted octanol–water partition coefficient (Wildman–Crippen LogP) is 2.31. The topological polar surface area (TPSA) is 52.0 Å². The zero-order valence-electron chi connectivity index (χ0n) is 11.8. The lowest BCUT2D eigenvalue weighted by molar-refractivity contribution is 0.393. The normalized spacial score (nSPS) is 19.2. The van der Waals surface area contributed by atoms with Crippen LogP contribution in [0.1, 0.15) is 38.7 Å². The Labute approximate surface area is 115 Å². The maximum atomic E-state index is 9.23. The molecule has 1 N–H and O–H groups in total. The predicted molar refractivity (Wildman–Crippen MR) is 77.1 cm³/mol. The molecule has 1 saturated heterocycles. The summed E-state index contributed by atoms with van der Waals surface area (Å²) in [4.78, 5) is 6.46. The van der Waals surface area contributed by atoms with Crippen molar-refractivity contribution >= 4 is 5.69 Å². The number of piperidine rings is 1. The Morgan fingerprint density at radius 2 is 2.37 bits per heavy atom. The minimum absolute atomic E-state index is 0.361. The van der Waals surface area contributed by atoms with Crippen LogP contribution in [0.15, 0.2) is 18.5 Å². The molecule has 4 nitrogen and oxygen atoms in total. The Bertz CT molecular complexity index is 444. The van der Waals surface area contributed by atoms with Crippen molar-refractivity contribution in [1.29, 1.82) is 5.26 Å². The summed E-state index contributed by atoms with van der Waals surface area (Å²) in [6.45, 7) is 6.38. The third kappa shape index (κ3) is 3.45. The van der Waals surface area contributed by atoms with Crippen molar-refractivity contribution in [3.05, 3.63) is 24.0 Å². The minimum Gasteiger partial charge on any atom is -0.365 e. The van der Waals surface area contributed by atoms with Gasteiger partial charge in [0.15, 0.2) is 0 Å². The molecule has 1 aliphatic rings. The molecule has 1 fully saturated rings. The SMILES string of the molecule is CC(C)N(CC1CCCCN1)c1cnccc1C#N. The van der Waals surface area contributed by atoms with Crippen molar-refractivity contribution in [3.63, 3.8) is 0 Å². The van der Waals surface area contributed by atoms with Crippen molar-refractivity contribution in [2.24, 2.45) is 0 Å². The lowest BCUT2D eigenvalue weighted by Crippen LogP contribution is -2.46. The Balaban J connectivity index is 2.17. The number of pyridine rings is 1. The number of nitriles is 1. The van der Waals surface area contributed by atoms with Crippen LogP contribution in [-0.4, -0.2) is 30.2 Å². The molecule has 1 atom stereocenters. The molecule has 1 aromatic rings. The monoisotopic (exact) mass is 258 g/mol. The molecule has 1 aromatic heterocycles. The average Bonchev–Trinajstić information content (AvgIpc) is 2.45. The van der Waals surface area contributed by atoms with E-state index in [-0.39, 0.29) is 0 Å². The highest BCUT2D eigenvalue weighted by atomic mass is 15.2. The third-order valence-electron chi connectivity index (χ3n) is 3.68. The second kappa shape index (κ2) is 6.53. The van der Waals surface area contributed by atoms with Gasteiger partial charge in [0, 0.05) is 24.8 Å². The largest absolute Gasteiger partial charge is 0.365 e. The Morgan fingerprint density at radius 1 is 1.53 bits per heavy atom. The van der Waals surface area contributed by atoms with E-state index in [4.69, 9.17) is 0 Å². The van der Waals surface area contributed by atoms with Gasteiger partial charge in [-0.2, -0.15) is 5.26 Å². The van der Waals surface area contributed by atoms with Crippen LogP contribution in [-0.2, 0) is 0 Å². The molecule has 4 heteroatoms. The maximum Gasteiger partial charge on any atom is 0.101 e. The highest BCUT2D eigenvalue weighted by Crippen LogP contribution is 2.22. The van der Waals surface area contributed by atoms with Crippen molar-refractivity contribution in [2.45, 2.75) is 45.2 Å². The van der Waals surface area contributed by atoms with Crippen molar-refractivity contribution < 1.29 is 0 Å².